The molecular formula is C23H22N4O5. The molecular weight excluding hydrogens is 412 g/mol. The lowest BCUT2D eigenvalue weighted by Crippen LogP contribution is -2.38. The summed E-state index contributed by atoms with van der Waals surface area (Å²) in [5.41, 5.74) is 1.61. The standard InChI is InChI=1S/C23H22N4O5/c28-19(6-3-10-27-22(29)17-4-1-2-5-18(17)23(27)30)26-11-7-15(8-12-26)20-24-25-21(32-20)16-9-13-31-14-16/h1-2,4-5,9,13-15H,3,6-8,10-12H2. The number of imide groups is 1. The maximum Gasteiger partial charge on any atom is 0.261 e. The van der Waals surface area contributed by atoms with Crippen LogP contribution >= 0.6 is 0 Å². The number of aromatic nitrogens is 2. The number of rotatable bonds is 6. The van der Waals surface area contributed by atoms with E-state index in [0.29, 0.717) is 48.8 Å². The van der Waals surface area contributed by atoms with Gasteiger partial charge in [0, 0.05) is 32.0 Å². The number of carbonyl (C=O) groups is 3. The van der Waals surface area contributed by atoms with E-state index in [9.17, 15) is 14.4 Å². The van der Waals surface area contributed by atoms with E-state index in [1.165, 1.54) is 4.90 Å². The maximum atomic E-state index is 12.6. The van der Waals surface area contributed by atoms with Crippen molar-refractivity contribution in [1.29, 1.82) is 0 Å². The number of nitrogens with zero attached hydrogens (tertiary/aromatic N) is 4. The summed E-state index contributed by atoms with van der Waals surface area (Å²) >= 11 is 0. The molecule has 0 bridgehead atoms. The number of fused-ring (bicyclic) bond motifs is 1. The Morgan fingerprint density at radius 1 is 1.03 bits per heavy atom. The topological polar surface area (TPSA) is 110 Å². The van der Waals surface area contributed by atoms with Crippen molar-refractivity contribution in [2.24, 2.45) is 0 Å². The second-order valence-electron chi connectivity index (χ2n) is 8.02. The molecule has 0 atom stereocenters. The van der Waals surface area contributed by atoms with Gasteiger partial charge in [-0.3, -0.25) is 19.3 Å². The van der Waals surface area contributed by atoms with Gasteiger partial charge >= 0.3 is 0 Å². The number of furan rings is 1. The van der Waals surface area contributed by atoms with Crippen molar-refractivity contribution >= 4 is 17.7 Å². The monoisotopic (exact) mass is 434 g/mol. The normalized spacial score (nSPS) is 16.6. The van der Waals surface area contributed by atoms with Crippen LogP contribution < -0.4 is 0 Å². The number of hydrogen-bond acceptors (Lipinski definition) is 7. The SMILES string of the molecule is O=C(CCCN1C(=O)c2ccccc2C1=O)N1CCC(c2nnc(-c3ccoc3)o2)CC1. The summed E-state index contributed by atoms with van der Waals surface area (Å²) < 4.78 is 10.8. The molecule has 1 aromatic carbocycles. The van der Waals surface area contributed by atoms with Crippen LogP contribution in [0.1, 0.15) is 58.2 Å². The Hall–Kier alpha value is -3.75. The molecule has 0 aliphatic carbocycles. The molecule has 0 radical (unpaired) electrons. The van der Waals surface area contributed by atoms with Crippen molar-refractivity contribution in [2.75, 3.05) is 19.6 Å². The van der Waals surface area contributed by atoms with Crippen molar-refractivity contribution in [1.82, 2.24) is 20.0 Å². The quantitative estimate of drug-likeness (QED) is 0.548. The zero-order chi connectivity index (χ0) is 22.1. The second-order valence-corrected chi connectivity index (χ2v) is 8.02. The van der Waals surface area contributed by atoms with Crippen molar-refractivity contribution in [2.45, 2.75) is 31.6 Å². The van der Waals surface area contributed by atoms with Gasteiger partial charge in [0.25, 0.3) is 17.7 Å². The van der Waals surface area contributed by atoms with Gasteiger partial charge in [-0.1, -0.05) is 12.1 Å². The molecule has 9 nitrogen and oxygen atoms in total. The molecule has 2 aliphatic rings. The minimum absolute atomic E-state index is 0.0321. The minimum Gasteiger partial charge on any atom is -0.472 e. The number of hydrogen-bond donors (Lipinski definition) is 0. The molecule has 4 heterocycles. The molecule has 164 valence electrons. The van der Waals surface area contributed by atoms with Gasteiger partial charge in [-0.2, -0.15) is 0 Å². The van der Waals surface area contributed by atoms with Crippen LogP contribution in [0.25, 0.3) is 11.5 Å². The van der Waals surface area contributed by atoms with Gasteiger partial charge in [0.1, 0.15) is 6.26 Å². The van der Waals surface area contributed by atoms with E-state index < -0.39 is 0 Å². The van der Waals surface area contributed by atoms with E-state index in [2.05, 4.69) is 10.2 Å². The molecule has 0 saturated carbocycles. The summed E-state index contributed by atoms with van der Waals surface area (Å²) in [5, 5.41) is 8.24. The van der Waals surface area contributed by atoms with Gasteiger partial charge < -0.3 is 13.7 Å². The van der Waals surface area contributed by atoms with Crippen LogP contribution in [0.5, 0.6) is 0 Å². The fourth-order valence-electron chi connectivity index (χ4n) is 4.27. The molecule has 1 fully saturated rings. The Kier molecular flexibility index (Phi) is 5.30. The highest BCUT2D eigenvalue weighted by molar-refractivity contribution is 6.21. The molecule has 2 aliphatic heterocycles. The fourth-order valence-corrected chi connectivity index (χ4v) is 4.27. The number of likely N-dealkylation sites (tertiary alicyclic amines) is 1. The van der Waals surface area contributed by atoms with E-state index in [1.807, 2.05) is 4.90 Å². The van der Waals surface area contributed by atoms with Crippen LogP contribution in [-0.4, -0.2) is 57.4 Å². The molecule has 0 N–H and O–H groups in total. The van der Waals surface area contributed by atoms with Gasteiger partial charge in [0.15, 0.2) is 0 Å². The van der Waals surface area contributed by atoms with Gasteiger partial charge in [-0.25, -0.2) is 0 Å². The van der Waals surface area contributed by atoms with E-state index in [-0.39, 0.29) is 30.2 Å². The van der Waals surface area contributed by atoms with Crippen LogP contribution in [0.3, 0.4) is 0 Å². The molecule has 3 amide bonds. The lowest BCUT2D eigenvalue weighted by Gasteiger charge is -2.30. The lowest BCUT2D eigenvalue weighted by molar-refractivity contribution is -0.132. The first-order chi connectivity index (χ1) is 15.6. The summed E-state index contributed by atoms with van der Waals surface area (Å²) in [6.07, 6.45) is 5.35. The number of carbonyl (C=O) groups excluding carboxylic acids is 3. The Morgan fingerprint density at radius 2 is 1.75 bits per heavy atom. The van der Waals surface area contributed by atoms with Crippen LogP contribution in [0.15, 0.2) is 51.7 Å². The lowest BCUT2D eigenvalue weighted by atomic mass is 9.96. The molecule has 3 aromatic rings. The van der Waals surface area contributed by atoms with Crippen LogP contribution in [0.2, 0.25) is 0 Å². The summed E-state index contributed by atoms with van der Waals surface area (Å²) in [6, 6.07) is 8.57. The third kappa shape index (κ3) is 3.70. The zero-order valence-corrected chi connectivity index (χ0v) is 17.4. The van der Waals surface area contributed by atoms with Crippen molar-refractivity contribution < 1.29 is 23.2 Å². The summed E-state index contributed by atoms with van der Waals surface area (Å²) in [5.74, 6) is 0.593. The van der Waals surface area contributed by atoms with Gasteiger partial charge in [-0.15, -0.1) is 10.2 Å². The summed E-state index contributed by atoms with van der Waals surface area (Å²) in [7, 11) is 0. The third-order valence-electron chi connectivity index (χ3n) is 6.06. The second kappa shape index (κ2) is 8.41. The molecule has 0 spiro atoms. The number of benzene rings is 1. The summed E-state index contributed by atoms with van der Waals surface area (Å²) in [6.45, 7) is 1.47. The van der Waals surface area contributed by atoms with Crippen LogP contribution in [0, 0.1) is 0 Å². The molecule has 5 rings (SSSR count). The zero-order valence-electron chi connectivity index (χ0n) is 17.4. The molecule has 9 heteroatoms. The van der Waals surface area contributed by atoms with Crippen molar-refractivity contribution in [3.05, 3.63) is 59.9 Å². The van der Waals surface area contributed by atoms with Crippen molar-refractivity contribution in [3.63, 3.8) is 0 Å². The Morgan fingerprint density at radius 3 is 2.41 bits per heavy atom. The number of piperidine rings is 1. The number of amides is 3. The van der Waals surface area contributed by atoms with Gasteiger partial charge in [0.2, 0.25) is 11.8 Å². The van der Waals surface area contributed by atoms with E-state index in [4.69, 9.17) is 8.83 Å². The first-order valence-electron chi connectivity index (χ1n) is 10.7. The third-order valence-corrected chi connectivity index (χ3v) is 6.06. The Balaban J connectivity index is 1.09. The predicted octanol–water partition coefficient (Wildman–Crippen LogP) is 3.11. The van der Waals surface area contributed by atoms with Crippen LogP contribution in [0.4, 0.5) is 0 Å². The first kappa shape index (κ1) is 20.2. The fraction of sp³-hybridized carbons (Fsp3) is 0.348. The average Bonchev–Trinajstić information content (AvgIpc) is 3.57. The molecule has 0 unspecified atom stereocenters. The maximum absolute atomic E-state index is 12.6. The summed E-state index contributed by atoms with van der Waals surface area (Å²) in [4.78, 5) is 40.5. The Bertz CT molecular complexity index is 1110. The van der Waals surface area contributed by atoms with E-state index >= 15 is 0 Å². The highest BCUT2D eigenvalue weighted by Crippen LogP contribution is 2.30. The highest BCUT2D eigenvalue weighted by atomic mass is 16.4. The smallest absolute Gasteiger partial charge is 0.261 e. The molecule has 1 saturated heterocycles. The highest BCUT2D eigenvalue weighted by Gasteiger charge is 2.35. The minimum atomic E-state index is -0.284. The van der Waals surface area contributed by atoms with E-state index in [0.717, 1.165) is 18.4 Å². The van der Waals surface area contributed by atoms with Crippen LogP contribution in [-0.2, 0) is 4.79 Å². The Labute approximate surface area is 184 Å². The predicted molar refractivity (Wildman–Crippen MR) is 112 cm³/mol. The van der Waals surface area contributed by atoms with Gasteiger partial charge in [-0.05, 0) is 37.5 Å². The molecule has 32 heavy (non-hydrogen) atoms. The van der Waals surface area contributed by atoms with E-state index in [1.54, 1.807) is 42.9 Å². The van der Waals surface area contributed by atoms with Gasteiger partial charge in [0.05, 0.1) is 23.0 Å². The first-order valence-corrected chi connectivity index (χ1v) is 10.7. The largest absolute Gasteiger partial charge is 0.472 e. The average molecular weight is 434 g/mol. The molecule has 2 aromatic heterocycles. The van der Waals surface area contributed by atoms with Crippen molar-refractivity contribution in [3.8, 4) is 11.5 Å².